The highest BCUT2D eigenvalue weighted by molar-refractivity contribution is 9.10. The monoisotopic (exact) mass is 290 g/mol. The third-order valence-electron chi connectivity index (χ3n) is 2.31. The van der Waals surface area contributed by atoms with Crippen molar-refractivity contribution in [2.75, 3.05) is 16.6 Å². The third kappa shape index (κ3) is 2.31. The Labute approximate surface area is 97.5 Å². The van der Waals surface area contributed by atoms with Crippen molar-refractivity contribution in [3.05, 3.63) is 22.8 Å². The zero-order valence-electron chi connectivity index (χ0n) is 8.06. The Kier molecular flexibility index (Phi) is 2.97. The number of sulfonamides is 1. The van der Waals surface area contributed by atoms with E-state index in [1.165, 1.54) is 4.31 Å². The van der Waals surface area contributed by atoms with Crippen LogP contribution in [0.25, 0.3) is 0 Å². The predicted octanol–water partition coefficient (Wildman–Crippen LogP) is 1.77. The largest absolute Gasteiger partial charge is 0.254 e. The van der Waals surface area contributed by atoms with Gasteiger partial charge in [0.15, 0.2) is 0 Å². The van der Waals surface area contributed by atoms with Crippen LogP contribution < -0.4 is 4.31 Å². The van der Waals surface area contributed by atoms with Gasteiger partial charge in [-0.05, 0) is 25.0 Å². The molecular weight excluding hydrogens is 280 g/mol. The van der Waals surface area contributed by atoms with E-state index in [4.69, 9.17) is 0 Å². The summed E-state index contributed by atoms with van der Waals surface area (Å²) in [6.45, 7) is 0.534. The van der Waals surface area contributed by atoms with Crippen LogP contribution in [0.4, 0.5) is 5.82 Å². The van der Waals surface area contributed by atoms with Gasteiger partial charge in [0.1, 0.15) is 5.82 Å². The Balaban J connectivity index is 2.37. The van der Waals surface area contributed by atoms with E-state index >= 15 is 0 Å². The Morgan fingerprint density at radius 2 is 2.20 bits per heavy atom. The topological polar surface area (TPSA) is 50.3 Å². The van der Waals surface area contributed by atoms with Crippen molar-refractivity contribution in [2.45, 2.75) is 12.8 Å². The molecule has 0 bridgehead atoms. The lowest BCUT2D eigenvalue weighted by Gasteiger charge is -2.27. The van der Waals surface area contributed by atoms with Crippen LogP contribution in [-0.2, 0) is 10.0 Å². The van der Waals surface area contributed by atoms with Gasteiger partial charge >= 0.3 is 0 Å². The van der Waals surface area contributed by atoms with Gasteiger partial charge in [-0.3, -0.25) is 4.31 Å². The molecule has 1 fully saturated rings. The molecule has 2 rings (SSSR count). The second kappa shape index (κ2) is 4.09. The molecule has 0 N–H and O–H groups in total. The summed E-state index contributed by atoms with van der Waals surface area (Å²) in [5, 5.41) is 0. The molecule has 0 atom stereocenters. The molecule has 1 saturated heterocycles. The smallest absolute Gasteiger partial charge is 0.236 e. The van der Waals surface area contributed by atoms with Gasteiger partial charge in [0.2, 0.25) is 10.0 Å². The fraction of sp³-hybridized carbons (Fsp3) is 0.444. The van der Waals surface area contributed by atoms with Crippen molar-refractivity contribution < 1.29 is 8.42 Å². The van der Waals surface area contributed by atoms with Crippen molar-refractivity contribution in [3.63, 3.8) is 0 Å². The number of hydrogen-bond donors (Lipinski definition) is 0. The number of pyridine rings is 1. The fourth-order valence-electron chi connectivity index (χ4n) is 1.58. The van der Waals surface area contributed by atoms with Gasteiger partial charge in [-0.15, -0.1) is 0 Å². The number of anilines is 1. The van der Waals surface area contributed by atoms with E-state index in [-0.39, 0.29) is 5.75 Å². The highest BCUT2D eigenvalue weighted by Crippen LogP contribution is 2.23. The standard InChI is InChI=1S/C9H11BrN2O2S/c10-8-3-4-11-9(7-8)12-5-1-2-6-15(12,13)14/h3-4,7H,1-2,5-6H2. The molecular formula is C9H11BrN2O2S. The maximum absolute atomic E-state index is 11.8. The summed E-state index contributed by atoms with van der Waals surface area (Å²) in [6.07, 6.45) is 3.24. The second-order valence-corrected chi connectivity index (χ2v) is 6.36. The van der Waals surface area contributed by atoms with Crippen molar-refractivity contribution in [1.82, 2.24) is 4.98 Å². The summed E-state index contributed by atoms with van der Waals surface area (Å²) in [5.74, 6) is 0.727. The molecule has 0 saturated carbocycles. The Morgan fingerprint density at radius 1 is 1.40 bits per heavy atom. The van der Waals surface area contributed by atoms with Crippen LogP contribution in [0.2, 0.25) is 0 Å². The molecule has 0 amide bonds. The van der Waals surface area contributed by atoms with E-state index in [1.54, 1.807) is 18.3 Å². The summed E-state index contributed by atoms with van der Waals surface area (Å²) in [6, 6.07) is 3.50. The minimum atomic E-state index is -3.14. The van der Waals surface area contributed by atoms with E-state index in [1.807, 2.05) is 0 Å². The van der Waals surface area contributed by atoms with E-state index in [0.29, 0.717) is 12.4 Å². The first-order valence-electron chi connectivity index (χ1n) is 4.71. The maximum atomic E-state index is 11.8. The SMILES string of the molecule is O=S1(=O)CCCCN1c1cc(Br)ccn1. The lowest BCUT2D eigenvalue weighted by molar-refractivity contribution is 0.573. The van der Waals surface area contributed by atoms with Gasteiger partial charge in [0, 0.05) is 17.2 Å². The molecule has 0 aromatic carbocycles. The minimum Gasteiger partial charge on any atom is -0.254 e. The minimum absolute atomic E-state index is 0.223. The van der Waals surface area contributed by atoms with Gasteiger partial charge in [0.25, 0.3) is 0 Å². The average molecular weight is 291 g/mol. The van der Waals surface area contributed by atoms with Crippen LogP contribution in [0.5, 0.6) is 0 Å². The molecule has 1 aromatic heterocycles. The van der Waals surface area contributed by atoms with Gasteiger partial charge in [0.05, 0.1) is 5.75 Å². The lowest BCUT2D eigenvalue weighted by atomic mass is 10.3. The van der Waals surface area contributed by atoms with Crippen LogP contribution in [0, 0.1) is 0 Å². The number of nitrogens with zero attached hydrogens (tertiary/aromatic N) is 2. The van der Waals surface area contributed by atoms with Crippen LogP contribution in [0.15, 0.2) is 22.8 Å². The summed E-state index contributed by atoms with van der Waals surface area (Å²) in [4.78, 5) is 4.08. The highest BCUT2D eigenvalue weighted by atomic mass is 79.9. The first-order valence-corrected chi connectivity index (χ1v) is 7.12. The quantitative estimate of drug-likeness (QED) is 0.792. The van der Waals surface area contributed by atoms with Crippen molar-refractivity contribution >= 4 is 31.8 Å². The van der Waals surface area contributed by atoms with Crippen LogP contribution in [-0.4, -0.2) is 25.7 Å². The number of rotatable bonds is 1. The first-order chi connectivity index (χ1) is 7.09. The zero-order chi connectivity index (χ0) is 10.9. The number of halogens is 1. The van der Waals surface area contributed by atoms with Crippen LogP contribution in [0.3, 0.4) is 0 Å². The highest BCUT2D eigenvalue weighted by Gasteiger charge is 2.26. The first kappa shape index (κ1) is 10.9. The molecule has 0 radical (unpaired) electrons. The Hall–Kier alpha value is -0.620. The molecule has 82 valence electrons. The van der Waals surface area contributed by atoms with Crippen molar-refractivity contribution in [3.8, 4) is 0 Å². The zero-order valence-corrected chi connectivity index (χ0v) is 10.5. The molecule has 1 aliphatic rings. The normalized spacial score (nSPS) is 20.2. The van der Waals surface area contributed by atoms with Crippen LogP contribution in [0.1, 0.15) is 12.8 Å². The fourth-order valence-corrected chi connectivity index (χ4v) is 3.48. The number of aromatic nitrogens is 1. The summed E-state index contributed by atoms with van der Waals surface area (Å²) in [7, 11) is -3.14. The predicted molar refractivity (Wildman–Crippen MR) is 62.3 cm³/mol. The molecule has 0 unspecified atom stereocenters. The molecule has 15 heavy (non-hydrogen) atoms. The van der Waals surface area contributed by atoms with Crippen LogP contribution >= 0.6 is 15.9 Å². The molecule has 2 heterocycles. The molecule has 6 heteroatoms. The summed E-state index contributed by atoms with van der Waals surface area (Å²) >= 11 is 3.30. The van der Waals surface area contributed by atoms with Gasteiger partial charge in [-0.2, -0.15) is 0 Å². The third-order valence-corrected chi connectivity index (χ3v) is 4.65. The lowest BCUT2D eigenvalue weighted by Crippen LogP contribution is -2.38. The van der Waals surface area contributed by atoms with Gasteiger partial charge in [-0.25, -0.2) is 13.4 Å². The molecule has 0 aliphatic carbocycles. The average Bonchev–Trinajstić information content (AvgIpc) is 2.17. The molecule has 1 aromatic rings. The van der Waals surface area contributed by atoms with Crippen molar-refractivity contribution in [2.24, 2.45) is 0 Å². The van der Waals surface area contributed by atoms with Crippen molar-refractivity contribution in [1.29, 1.82) is 0 Å². The summed E-state index contributed by atoms with van der Waals surface area (Å²) in [5.41, 5.74) is 0. The molecule has 0 spiro atoms. The van der Waals surface area contributed by atoms with E-state index in [9.17, 15) is 8.42 Å². The molecule has 1 aliphatic heterocycles. The summed E-state index contributed by atoms with van der Waals surface area (Å²) < 4.78 is 25.8. The molecule has 4 nitrogen and oxygen atoms in total. The van der Waals surface area contributed by atoms with Gasteiger partial charge in [-0.1, -0.05) is 15.9 Å². The Bertz CT molecular complexity index is 461. The van der Waals surface area contributed by atoms with E-state index in [0.717, 1.165) is 17.3 Å². The second-order valence-electron chi connectivity index (χ2n) is 3.43. The Morgan fingerprint density at radius 3 is 2.87 bits per heavy atom. The van der Waals surface area contributed by atoms with Gasteiger partial charge < -0.3 is 0 Å². The maximum Gasteiger partial charge on any atom is 0.236 e. The van der Waals surface area contributed by atoms with E-state index in [2.05, 4.69) is 20.9 Å². The number of hydrogen-bond acceptors (Lipinski definition) is 3. The van der Waals surface area contributed by atoms with E-state index < -0.39 is 10.0 Å².